The van der Waals surface area contributed by atoms with Gasteiger partial charge >= 0.3 is 0 Å². The second kappa shape index (κ2) is 3.59. The van der Waals surface area contributed by atoms with Crippen molar-refractivity contribution in [2.75, 3.05) is 5.73 Å². The maximum Gasteiger partial charge on any atom is 0.226 e. The van der Waals surface area contributed by atoms with E-state index in [0.29, 0.717) is 17.0 Å². The molecule has 16 heavy (non-hydrogen) atoms. The van der Waals surface area contributed by atoms with Crippen molar-refractivity contribution in [3.05, 3.63) is 11.6 Å². The number of fused-ring (bicyclic) bond motifs is 1. The second-order valence-electron chi connectivity index (χ2n) is 4.33. The van der Waals surface area contributed by atoms with E-state index in [9.17, 15) is 0 Å². The van der Waals surface area contributed by atoms with E-state index in [4.69, 9.17) is 17.3 Å². The summed E-state index contributed by atoms with van der Waals surface area (Å²) in [6, 6.07) is 0. The van der Waals surface area contributed by atoms with E-state index in [0.717, 1.165) is 6.42 Å². The number of hydrogen-bond donors (Lipinski definition) is 1. The van der Waals surface area contributed by atoms with Crippen LogP contribution in [0.25, 0.3) is 11.2 Å². The van der Waals surface area contributed by atoms with Gasteiger partial charge in [-0.3, -0.25) is 0 Å². The van der Waals surface area contributed by atoms with Crippen molar-refractivity contribution < 1.29 is 0 Å². The third-order valence-corrected chi connectivity index (χ3v) is 3.08. The van der Waals surface area contributed by atoms with Crippen LogP contribution in [-0.2, 0) is 5.54 Å². The van der Waals surface area contributed by atoms with Gasteiger partial charge in [0.1, 0.15) is 5.52 Å². The number of anilines is 1. The zero-order chi connectivity index (χ0) is 11.9. The lowest BCUT2D eigenvalue weighted by Crippen LogP contribution is -2.24. The fourth-order valence-corrected chi connectivity index (χ4v) is 1.68. The van der Waals surface area contributed by atoms with Gasteiger partial charge < -0.3 is 10.3 Å². The molecule has 0 aliphatic carbocycles. The Labute approximate surface area is 98.7 Å². The van der Waals surface area contributed by atoms with Crippen molar-refractivity contribution in [1.82, 2.24) is 19.5 Å². The Balaban J connectivity index is 2.74. The molecule has 2 aromatic rings. The first kappa shape index (κ1) is 11.1. The average Bonchev–Trinajstić information content (AvgIpc) is 2.62. The number of halogens is 1. The van der Waals surface area contributed by atoms with Crippen molar-refractivity contribution in [3.63, 3.8) is 0 Å². The normalized spacial score (nSPS) is 12.2. The van der Waals surface area contributed by atoms with Gasteiger partial charge in [0.2, 0.25) is 5.28 Å². The quantitative estimate of drug-likeness (QED) is 0.816. The Morgan fingerprint density at radius 3 is 2.75 bits per heavy atom. The summed E-state index contributed by atoms with van der Waals surface area (Å²) >= 11 is 5.80. The molecular weight excluding hydrogens is 226 g/mol. The van der Waals surface area contributed by atoms with Gasteiger partial charge in [-0.05, 0) is 31.9 Å². The van der Waals surface area contributed by atoms with Gasteiger partial charge in [-0.25, -0.2) is 4.98 Å². The number of imidazole rings is 1. The smallest absolute Gasteiger partial charge is 0.226 e. The second-order valence-corrected chi connectivity index (χ2v) is 4.67. The summed E-state index contributed by atoms with van der Waals surface area (Å²) < 4.78 is 1.98. The molecule has 0 spiro atoms. The van der Waals surface area contributed by atoms with Crippen molar-refractivity contribution in [1.29, 1.82) is 0 Å². The molecular formula is C10H14ClN5. The van der Waals surface area contributed by atoms with Crippen LogP contribution in [0.3, 0.4) is 0 Å². The average molecular weight is 240 g/mol. The van der Waals surface area contributed by atoms with E-state index in [1.165, 1.54) is 0 Å². The molecule has 2 heterocycles. The van der Waals surface area contributed by atoms with Crippen molar-refractivity contribution in [2.45, 2.75) is 32.7 Å². The van der Waals surface area contributed by atoms with Crippen LogP contribution < -0.4 is 5.73 Å². The Morgan fingerprint density at radius 1 is 1.44 bits per heavy atom. The lowest BCUT2D eigenvalue weighted by Gasteiger charge is -2.24. The minimum atomic E-state index is -0.0706. The van der Waals surface area contributed by atoms with Crippen molar-refractivity contribution in [3.8, 4) is 0 Å². The third kappa shape index (κ3) is 1.61. The predicted octanol–water partition coefficient (Wildman–Crippen LogP) is 2.21. The fraction of sp³-hybridized carbons (Fsp3) is 0.500. The van der Waals surface area contributed by atoms with E-state index in [1.807, 2.05) is 4.57 Å². The molecule has 0 unspecified atom stereocenters. The standard InChI is InChI=1S/C10H14ClN5/c1-4-10(2,3)16-5-13-6-7(12)14-9(11)15-8(6)16/h5H,4H2,1-3H3,(H2,12,14,15). The predicted molar refractivity (Wildman–Crippen MR) is 64.4 cm³/mol. The highest BCUT2D eigenvalue weighted by Gasteiger charge is 2.22. The maximum absolute atomic E-state index is 5.80. The molecule has 0 aromatic carbocycles. The summed E-state index contributed by atoms with van der Waals surface area (Å²) in [6.45, 7) is 6.33. The van der Waals surface area contributed by atoms with Crippen LogP contribution in [-0.4, -0.2) is 19.5 Å². The molecule has 2 N–H and O–H groups in total. The SMILES string of the molecule is CCC(C)(C)n1cnc2c(N)nc(Cl)nc21. The number of hydrogen-bond acceptors (Lipinski definition) is 4. The summed E-state index contributed by atoms with van der Waals surface area (Å²) in [7, 11) is 0. The molecule has 5 nitrogen and oxygen atoms in total. The number of nitrogen functional groups attached to an aromatic ring is 1. The van der Waals surface area contributed by atoms with Crippen LogP contribution in [0.4, 0.5) is 5.82 Å². The Hall–Kier alpha value is -1.36. The number of rotatable bonds is 2. The molecule has 2 aromatic heterocycles. The largest absolute Gasteiger partial charge is 0.382 e. The molecule has 0 bridgehead atoms. The molecule has 0 aliphatic rings. The van der Waals surface area contributed by atoms with Gasteiger partial charge in [-0.1, -0.05) is 6.92 Å². The molecule has 2 rings (SSSR count). The van der Waals surface area contributed by atoms with Crippen LogP contribution in [0.1, 0.15) is 27.2 Å². The number of aromatic nitrogens is 4. The van der Waals surface area contributed by atoms with Crippen molar-refractivity contribution >= 4 is 28.6 Å². The van der Waals surface area contributed by atoms with Crippen LogP contribution in [0.5, 0.6) is 0 Å². The number of nitrogens with zero attached hydrogens (tertiary/aromatic N) is 4. The molecule has 0 amide bonds. The lowest BCUT2D eigenvalue weighted by atomic mass is 10.0. The van der Waals surface area contributed by atoms with E-state index >= 15 is 0 Å². The highest BCUT2D eigenvalue weighted by atomic mass is 35.5. The van der Waals surface area contributed by atoms with Crippen LogP contribution in [0.2, 0.25) is 5.28 Å². The van der Waals surface area contributed by atoms with E-state index < -0.39 is 0 Å². The minimum absolute atomic E-state index is 0.0706. The first-order valence-electron chi connectivity index (χ1n) is 5.12. The van der Waals surface area contributed by atoms with Crippen molar-refractivity contribution in [2.24, 2.45) is 0 Å². The highest BCUT2D eigenvalue weighted by Crippen LogP contribution is 2.26. The topological polar surface area (TPSA) is 69.6 Å². The fourth-order valence-electron chi connectivity index (χ4n) is 1.51. The molecule has 0 saturated carbocycles. The Kier molecular flexibility index (Phi) is 2.50. The minimum Gasteiger partial charge on any atom is -0.382 e. The summed E-state index contributed by atoms with van der Waals surface area (Å²) in [5.74, 6) is 0.320. The molecule has 0 fully saturated rings. The summed E-state index contributed by atoms with van der Waals surface area (Å²) in [6.07, 6.45) is 2.69. The van der Waals surface area contributed by atoms with Crippen LogP contribution >= 0.6 is 11.6 Å². The van der Waals surface area contributed by atoms with Gasteiger partial charge in [0.05, 0.1) is 6.33 Å². The van der Waals surface area contributed by atoms with Gasteiger partial charge in [-0.2, -0.15) is 9.97 Å². The maximum atomic E-state index is 5.80. The summed E-state index contributed by atoms with van der Waals surface area (Å²) in [4.78, 5) is 12.3. The summed E-state index contributed by atoms with van der Waals surface area (Å²) in [5.41, 5.74) is 6.96. The molecule has 6 heteroatoms. The zero-order valence-electron chi connectivity index (χ0n) is 9.53. The van der Waals surface area contributed by atoms with E-state index in [-0.39, 0.29) is 10.8 Å². The molecule has 86 valence electrons. The number of nitrogens with two attached hydrogens (primary N) is 1. The first-order chi connectivity index (χ1) is 7.45. The Morgan fingerprint density at radius 2 is 2.12 bits per heavy atom. The molecule has 0 atom stereocenters. The van der Waals surface area contributed by atoms with Gasteiger partial charge in [0.25, 0.3) is 0 Å². The lowest BCUT2D eigenvalue weighted by molar-refractivity contribution is 0.350. The first-order valence-corrected chi connectivity index (χ1v) is 5.50. The van der Waals surface area contributed by atoms with Gasteiger partial charge in [0.15, 0.2) is 11.5 Å². The molecule has 0 radical (unpaired) electrons. The van der Waals surface area contributed by atoms with Crippen LogP contribution in [0, 0.1) is 0 Å². The van der Waals surface area contributed by atoms with Gasteiger partial charge in [-0.15, -0.1) is 0 Å². The van der Waals surface area contributed by atoms with Gasteiger partial charge in [0, 0.05) is 5.54 Å². The third-order valence-electron chi connectivity index (χ3n) is 2.91. The molecule has 0 saturated heterocycles. The molecule has 0 aliphatic heterocycles. The zero-order valence-corrected chi connectivity index (χ0v) is 10.3. The van der Waals surface area contributed by atoms with E-state index in [1.54, 1.807) is 6.33 Å². The Bertz CT molecular complexity index is 531. The van der Waals surface area contributed by atoms with E-state index in [2.05, 4.69) is 35.7 Å². The van der Waals surface area contributed by atoms with Crippen LogP contribution in [0.15, 0.2) is 6.33 Å². The monoisotopic (exact) mass is 239 g/mol. The summed E-state index contributed by atoms with van der Waals surface area (Å²) in [5, 5.41) is 0.152. The highest BCUT2D eigenvalue weighted by molar-refractivity contribution is 6.28.